The van der Waals surface area contributed by atoms with Gasteiger partial charge in [0.15, 0.2) is 11.5 Å². The third-order valence-corrected chi connectivity index (χ3v) is 4.77. The van der Waals surface area contributed by atoms with Gasteiger partial charge in [-0.3, -0.25) is 9.69 Å². The predicted octanol–water partition coefficient (Wildman–Crippen LogP) is 1.46. The van der Waals surface area contributed by atoms with Gasteiger partial charge in [-0.25, -0.2) is 0 Å². The van der Waals surface area contributed by atoms with Gasteiger partial charge in [0.05, 0.1) is 6.61 Å². The summed E-state index contributed by atoms with van der Waals surface area (Å²) in [5.41, 5.74) is -0.461. The Bertz CT molecular complexity index is 593. The summed E-state index contributed by atoms with van der Waals surface area (Å²) in [6.45, 7) is 6.03. The maximum absolute atomic E-state index is 11.3. The highest BCUT2D eigenvalue weighted by Gasteiger charge is 2.42. The number of esters is 1. The molecule has 6 heteroatoms. The van der Waals surface area contributed by atoms with Gasteiger partial charge in [0.2, 0.25) is 0 Å². The number of hydrogen-bond acceptors (Lipinski definition) is 6. The molecule has 3 rings (SSSR count). The van der Waals surface area contributed by atoms with E-state index in [1.807, 2.05) is 31.2 Å². The molecule has 0 spiro atoms. The van der Waals surface area contributed by atoms with Crippen molar-refractivity contribution in [1.82, 2.24) is 4.90 Å². The minimum atomic E-state index is -0.461. The summed E-state index contributed by atoms with van der Waals surface area (Å²) in [4.78, 5) is 13.5. The molecule has 0 aliphatic carbocycles. The molecular formula is C18H25NO5. The van der Waals surface area contributed by atoms with Crippen LogP contribution in [0.5, 0.6) is 11.5 Å². The second kappa shape index (κ2) is 6.99. The summed E-state index contributed by atoms with van der Waals surface area (Å²) in [7, 11) is 0. The molecule has 132 valence electrons. The number of piperidine rings is 1. The van der Waals surface area contributed by atoms with Crippen molar-refractivity contribution in [3.05, 3.63) is 24.3 Å². The Balaban J connectivity index is 1.60. The highest BCUT2D eigenvalue weighted by molar-refractivity contribution is 5.66. The smallest absolute Gasteiger partial charge is 0.302 e. The molecule has 0 bridgehead atoms. The van der Waals surface area contributed by atoms with Crippen LogP contribution in [0.1, 0.15) is 20.3 Å². The van der Waals surface area contributed by atoms with Crippen molar-refractivity contribution in [1.29, 1.82) is 0 Å². The molecular weight excluding hydrogens is 310 g/mol. The Hall–Kier alpha value is -1.79. The molecule has 6 nitrogen and oxygen atoms in total. The van der Waals surface area contributed by atoms with Gasteiger partial charge in [0.1, 0.15) is 18.8 Å². The minimum absolute atomic E-state index is 0.0215. The van der Waals surface area contributed by atoms with Crippen molar-refractivity contribution < 1.29 is 24.1 Å². The van der Waals surface area contributed by atoms with Crippen LogP contribution in [-0.4, -0.2) is 61.0 Å². The molecule has 2 heterocycles. The summed E-state index contributed by atoms with van der Waals surface area (Å²) < 4.78 is 17.2. The number of nitrogens with zero attached hydrogens (tertiary/aromatic N) is 1. The summed E-state index contributed by atoms with van der Waals surface area (Å²) >= 11 is 0. The van der Waals surface area contributed by atoms with Crippen LogP contribution >= 0.6 is 0 Å². The highest BCUT2D eigenvalue weighted by Crippen LogP contribution is 2.34. The van der Waals surface area contributed by atoms with Crippen LogP contribution in [0, 0.1) is 5.41 Å². The fraction of sp³-hybridized carbons (Fsp3) is 0.611. The Kier molecular flexibility index (Phi) is 4.96. The molecule has 2 aliphatic heterocycles. The SMILES string of the molecule is CC(=O)OC1CCN(CC2COc3ccccc3O2)CC1(C)CO. The van der Waals surface area contributed by atoms with E-state index in [-0.39, 0.29) is 24.8 Å². The Labute approximate surface area is 142 Å². The zero-order chi connectivity index (χ0) is 17.2. The lowest BCUT2D eigenvalue weighted by Crippen LogP contribution is -2.55. The van der Waals surface area contributed by atoms with Gasteiger partial charge in [-0.15, -0.1) is 0 Å². The number of hydrogen-bond donors (Lipinski definition) is 1. The average molecular weight is 335 g/mol. The van der Waals surface area contributed by atoms with Gasteiger partial charge in [0.25, 0.3) is 0 Å². The maximum atomic E-state index is 11.3. The zero-order valence-corrected chi connectivity index (χ0v) is 14.2. The van der Waals surface area contributed by atoms with Crippen molar-refractivity contribution in [2.75, 3.05) is 32.8 Å². The molecule has 1 N–H and O–H groups in total. The largest absolute Gasteiger partial charge is 0.486 e. The summed E-state index contributed by atoms with van der Waals surface area (Å²) in [6.07, 6.45) is 0.412. The lowest BCUT2D eigenvalue weighted by atomic mass is 9.79. The number of ether oxygens (including phenoxy) is 3. The second-order valence-corrected chi connectivity index (χ2v) is 6.93. The first kappa shape index (κ1) is 17.0. The van der Waals surface area contributed by atoms with Crippen LogP contribution in [0.3, 0.4) is 0 Å². The highest BCUT2D eigenvalue weighted by atomic mass is 16.6. The van der Waals surface area contributed by atoms with Gasteiger partial charge >= 0.3 is 5.97 Å². The molecule has 0 aromatic heterocycles. The first-order chi connectivity index (χ1) is 11.5. The topological polar surface area (TPSA) is 68.2 Å². The molecule has 2 aliphatic rings. The molecule has 3 atom stereocenters. The van der Waals surface area contributed by atoms with E-state index in [0.717, 1.165) is 24.6 Å². The van der Waals surface area contributed by atoms with Gasteiger partial charge in [0, 0.05) is 32.0 Å². The summed E-state index contributed by atoms with van der Waals surface area (Å²) in [5, 5.41) is 9.81. The molecule has 0 amide bonds. The van der Waals surface area contributed by atoms with Gasteiger partial charge in [-0.05, 0) is 18.6 Å². The van der Waals surface area contributed by atoms with E-state index in [0.29, 0.717) is 19.6 Å². The standard InChI is InChI=1S/C18H25NO5/c1-13(21)23-17-7-8-19(11-18(17,2)12-20)9-14-10-22-15-5-3-4-6-16(15)24-14/h3-6,14,17,20H,7-12H2,1-2H3. The number of aliphatic hydroxyl groups excluding tert-OH is 1. The van der Waals surface area contributed by atoms with Crippen molar-refractivity contribution in [2.24, 2.45) is 5.41 Å². The van der Waals surface area contributed by atoms with E-state index in [4.69, 9.17) is 14.2 Å². The van der Waals surface area contributed by atoms with Crippen LogP contribution in [0.15, 0.2) is 24.3 Å². The lowest BCUT2D eigenvalue weighted by molar-refractivity contribution is -0.162. The monoisotopic (exact) mass is 335 g/mol. The number of carbonyl (C=O) groups is 1. The number of likely N-dealkylation sites (tertiary alicyclic amines) is 1. The fourth-order valence-electron chi connectivity index (χ4n) is 3.49. The van der Waals surface area contributed by atoms with Crippen LogP contribution in [0.2, 0.25) is 0 Å². The number of carbonyl (C=O) groups excluding carboxylic acids is 1. The number of aliphatic hydroxyl groups is 1. The maximum Gasteiger partial charge on any atom is 0.302 e. The van der Waals surface area contributed by atoms with Crippen molar-refractivity contribution in [3.8, 4) is 11.5 Å². The number of para-hydroxylation sites is 2. The molecule has 0 saturated carbocycles. The molecule has 3 unspecified atom stereocenters. The average Bonchev–Trinajstić information content (AvgIpc) is 2.57. The molecule has 1 fully saturated rings. The number of fused-ring (bicyclic) bond motifs is 1. The van der Waals surface area contributed by atoms with E-state index in [9.17, 15) is 9.90 Å². The normalized spacial score (nSPS) is 30.0. The van der Waals surface area contributed by atoms with Gasteiger partial charge < -0.3 is 19.3 Å². The number of rotatable bonds is 4. The first-order valence-electron chi connectivity index (χ1n) is 8.39. The summed E-state index contributed by atoms with van der Waals surface area (Å²) in [6, 6.07) is 7.66. The second-order valence-electron chi connectivity index (χ2n) is 6.93. The van der Waals surface area contributed by atoms with E-state index < -0.39 is 5.41 Å². The van der Waals surface area contributed by atoms with Gasteiger partial charge in [-0.2, -0.15) is 0 Å². The van der Waals surface area contributed by atoms with E-state index in [1.165, 1.54) is 6.92 Å². The fourth-order valence-corrected chi connectivity index (χ4v) is 3.49. The Morgan fingerprint density at radius 1 is 1.42 bits per heavy atom. The van der Waals surface area contributed by atoms with Crippen molar-refractivity contribution in [3.63, 3.8) is 0 Å². The van der Waals surface area contributed by atoms with Crippen LogP contribution in [0.25, 0.3) is 0 Å². The Morgan fingerprint density at radius 3 is 2.88 bits per heavy atom. The Morgan fingerprint density at radius 2 is 2.17 bits per heavy atom. The number of benzene rings is 1. The van der Waals surface area contributed by atoms with Crippen molar-refractivity contribution >= 4 is 5.97 Å². The molecule has 0 radical (unpaired) electrons. The molecule has 1 aromatic rings. The third kappa shape index (κ3) is 3.65. The predicted molar refractivity (Wildman–Crippen MR) is 88.2 cm³/mol. The molecule has 24 heavy (non-hydrogen) atoms. The third-order valence-electron chi connectivity index (χ3n) is 4.77. The first-order valence-corrected chi connectivity index (χ1v) is 8.39. The lowest BCUT2D eigenvalue weighted by Gasteiger charge is -2.45. The zero-order valence-electron chi connectivity index (χ0n) is 14.2. The molecule has 1 aromatic carbocycles. The van der Waals surface area contributed by atoms with Gasteiger partial charge in [-0.1, -0.05) is 19.1 Å². The van der Waals surface area contributed by atoms with E-state index in [2.05, 4.69) is 4.90 Å². The van der Waals surface area contributed by atoms with Crippen molar-refractivity contribution in [2.45, 2.75) is 32.5 Å². The van der Waals surface area contributed by atoms with Crippen LogP contribution < -0.4 is 9.47 Å². The van der Waals surface area contributed by atoms with E-state index >= 15 is 0 Å². The quantitative estimate of drug-likeness (QED) is 0.840. The summed E-state index contributed by atoms with van der Waals surface area (Å²) in [5.74, 6) is 1.25. The minimum Gasteiger partial charge on any atom is -0.486 e. The van der Waals surface area contributed by atoms with Crippen LogP contribution in [-0.2, 0) is 9.53 Å². The van der Waals surface area contributed by atoms with Crippen LogP contribution in [0.4, 0.5) is 0 Å². The van der Waals surface area contributed by atoms with E-state index in [1.54, 1.807) is 0 Å². The molecule has 1 saturated heterocycles.